The lowest BCUT2D eigenvalue weighted by Gasteiger charge is -2.46. The number of nitrogens with zero attached hydrogens (tertiary/aromatic N) is 1. The van der Waals surface area contributed by atoms with Gasteiger partial charge in [-0.1, -0.05) is 19.8 Å². The van der Waals surface area contributed by atoms with Crippen LogP contribution in [-0.2, 0) is 9.53 Å². The van der Waals surface area contributed by atoms with Gasteiger partial charge in [-0.2, -0.15) is 0 Å². The van der Waals surface area contributed by atoms with Crippen LogP contribution in [0.3, 0.4) is 0 Å². The number of hydrogen-bond donors (Lipinski definition) is 1. The van der Waals surface area contributed by atoms with Gasteiger partial charge in [0, 0.05) is 6.04 Å². The van der Waals surface area contributed by atoms with Crippen LogP contribution in [0.25, 0.3) is 0 Å². The van der Waals surface area contributed by atoms with Gasteiger partial charge in [-0.25, -0.2) is 0 Å². The van der Waals surface area contributed by atoms with Crippen molar-refractivity contribution in [2.45, 2.75) is 64.5 Å². The van der Waals surface area contributed by atoms with E-state index in [1.54, 1.807) is 0 Å². The minimum Gasteiger partial charge on any atom is -0.465 e. The highest BCUT2D eigenvalue weighted by Gasteiger charge is 2.39. The molecule has 0 aromatic rings. The Bertz CT molecular complexity index is 322. The molecule has 0 spiro atoms. The fourth-order valence-corrected chi connectivity index (χ4v) is 3.94. The van der Waals surface area contributed by atoms with Crippen molar-refractivity contribution >= 4 is 5.97 Å². The summed E-state index contributed by atoms with van der Waals surface area (Å²) in [7, 11) is 0. The Morgan fingerprint density at radius 1 is 1.30 bits per heavy atom. The SMILES string of the molecule is CCOC(=O)C1CCCCN1C1CC(C)CCC1CN. The van der Waals surface area contributed by atoms with Crippen molar-refractivity contribution in [3.63, 3.8) is 0 Å². The highest BCUT2D eigenvalue weighted by molar-refractivity contribution is 5.76. The van der Waals surface area contributed by atoms with Gasteiger partial charge in [-0.15, -0.1) is 0 Å². The smallest absolute Gasteiger partial charge is 0.323 e. The van der Waals surface area contributed by atoms with Gasteiger partial charge in [0.2, 0.25) is 0 Å². The van der Waals surface area contributed by atoms with Crippen LogP contribution in [0.15, 0.2) is 0 Å². The first-order valence-corrected chi connectivity index (χ1v) is 8.29. The maximum Gasteiger partial charge on any atom is 0.323 e. The molecule has 2 N–H and O–H groups in total. The number of nitrogens with two attached hydrogens (primary N) is 1. The van der Waals surface area contributed by atoms with Crippen LogP contribution in [-0.4, -0.2) is 42.6 Å². The van der Waals surface area contributed by atoms with Gasteiger partial charge >= 0.3 is 5.97 Å². The summed E-state index contributed by atoms with van der Waals surface area (Å²) in [6, 6.07) is 0.437. The Morgan fingerprint density at radius 2 is 2.10 bits per heavy atom. The second-order valence-corrected chi connectivity index (χ2v) is 6.48. The maximum atomic E-state index is 12.2. The summed E-state index contributed by atoms with van der Waals surface area (Å²) in [4.78, 5) is 14.7. The van der Waals surface area contributed by atoms with Crippen LogP contribution in [0.2, 0.25) is 0 Å². The quantitative estimate of drug-likeness (QED) is 0.803. The standard InChI is InChI=1S/C16H30N2O2/c1-3-20-16(19)14-6-4-5-9-18(14)15-10-12(2)7-8-13(15)11-17/h12-15H,3-11,17H2,1-2H3. The van der Waals surface area contributed by atoms with Gasteiger partial charge in [-0.3, -0.25) is 9.69 Å². The monoisotopic (exact) mass is 282 g/mol. The van der Waals surface area contributed by atoms with E-state index in [2.05, 4.69) is 11.8 Å². The summed E-state index contributed by atoms with van der Waals surface area (Å²) >= 11 is 0. The molecule has 0 bridgehead atoms. The lowest BCUT2D eigenvalue weighted by Crippen LogP contribution is -2.55. The first-order valence-electron chi connectivity index (χ1n) is 8.29. The van der Waals surface area contributed by atoms with Gasteiger partial charge in [0.05, 0.1) is 6.61 Å². The summed E-state index contributed by atoms with van der Waals surface area (Å²) in [5.41, 5.74) is 5.98. The molecule has 4 atom stereocenters. The molecule has 20 heavy (non-hydrogen) atoms. The summed E-state index contributed by atoms with van der Waals surface area (Å²) in [6.07, 6.45) is 6.93. The van der Waals surface area contributed by atoms with Crippen molar-refractivity contribution in [1.82, 2.24) is 4.90 Å². The normalized spacial score (nSPS) is 35.8. The molecule has 1 heterocycles. The van der Waals surface area contributed by atoms with E-state index in [9.17, 15) is 4.79 Å². The van der Waals surface area contributed by atoms with Crippen molar-refractivity contribution in [2.24, 2.45) is 17.6 Å². The summed E-state index contributed by atoms with van der Waals surface area (Å²) in [5.74, 6) is 1.26. The largest absolute Gasteiger partial charge is 0.465 e. The number of piperidine rings is 1. The Hall–Kier alpha value is -0.610. The van der Waals surface area contributed by atoms with E-state index in [-0.39, 0.29) is 12.0 Å². The Kier molecular flexibility index (Phi) is 5.85. The number of esters is 1. The van der Waals surface area contributed by atoms with Gasteiger partial charge < -0.3 is 10.5 Å². The second kappa shape index (κ2) is 7.41. The number of rotatable bonds is 4. The third kappa shape index (κ3) is 3.53. The van der Waals surface area contributed by atoms with Gasteiger partial charge in [-0.05, 0) is 57.5 Å². The van der Waals surface area contributed by atoms with Crippen molar-refractivity contribution in [1.29, 1.82) is 0 Å². The molecule has 2 rings (SSSR count). The molecule has 2 aliphatic rings. The van der Waals surface area contributed by atoms with E-state index in [0.29, 0.717) is 18.6 Å². The molecule has 4 unspecified atom stereocenters. The van der Waals surface area contributed by atoms with E-state index < -0.39 is 0 Å². The zero-order chi connectivity index (χ0) is 14.5. The number of carbonyl (C=O) groups excluding carboxylic acids is 1. The van der Waals surface area contributed by atoms with Crippen LogP contribution in [0, 0.1) is 11.8 Å². The molecule has 116 valence electrons. The highest BCUT2D eigenvalue weighted by Crippen LogP contribution is 2.35. The molecular formula is C16H30N2O2. The Labute approximate surface area is 123 Å². The predicted octanol–water partition coefficient (Wildman–Crippen LogP) is 2.17. The molecule has 0 amide bonds. The fraction of sp³-hybridized carbons (Fsp3) is 0.938. The van der Waals surface area contributed by atoms with Crippen molar-refractivity contribution < 1.29 is 9.53 Å². The van der Waals surface area contributed by atoms with Gasteiger partial charge in [0.25, 0.3) is 0 Å². The average Bonchev–Trinajstić information content (AvgIpc) is 2.47. The Morgan fingerprint density at radius 3 is 2.80 bits per heavy atom. The van der Waals surface area contributed by atoms with E-state index in [0.717, 1.165) is 31.8 Å². The van der Waals surface area contributed by atoms with Gasteiger partial charge in [0.15, 0.2) is 0 Å². The van der Waals surface area contributed by atoms with Crippen LogP contribution >= 0.6 is 0 Å². The summed E-state index contributed by atoms with van der Waals surface area (Å²) < 4.78 is 5.29. The number of likely N-dealkylation sites (tertiary alicyclic amines) is 1. The first kappa shape index (κ1) is 15.8. The first-order chi connectivity index (χ1) is 9.67. The van der Waals surface area contributed by atoms with Crippen molar-refractivity contribution in [3.05, 3.63) is 0 Å². The number of ether oxygens (including phenoxy) is 1. The third-order valence-electron chi connectivity index (χ3n) is 5.05. The van der Waals surface area contributed by atoms with E-state index in [1.165, 1.54) is 25.7 Å². The zero-order valence-corrected chi connectivity index (χ0v) is 13.0. The molecular weight excluding hydrogens is 252 g/mol. The van der Waals surface area contributed by atoms with E-state index in [4.69, 9.17) is 10.5 Å². The second-order valence-electron chi connectivity index (χ2n) is 6.48. The van der Waals surface area contributed by atoms with Crippen molar-refractivity contribution in [3.8, 4) is 0 Å². The number of hydrogen-bond acceptors (Lipinski definition) is 4. The van der Waals surface area contributed by atoms with Crippen LogP contribution in [0.5, 0.6) is 0 Å². The molecule has 0 aromatic carbocycles. The lowest BCUT2D eigenvalue weighted by atomic mass is 9.77. The molecule has 0 aromatic heterocycles. The van der Waals surface area contributed by atoms with Crippen molar-refractivity contribution in [2.75, 3.05) is 19.7 Å². The van der Waals surface area contributed by atoms with Crippen LogP contribution in [0.1, 0.15) is 52.4 Å². The molecule has 1 aliphatic carbocycles. The summed E-state index contributed by atoms with van der Waals surface area (Å²) in [5, 5.41) is 0. The van der Waals surface area contributed by atoms with Crippen LogP contribution < -0.4 is 5.73 Å². The molecule has 2 fully saturated rings. The minimum atomic E-state index is -0.0342. The highest BCUT2D eigenvalue weighted by atomic mass is 16.5. The fourth-order valence-electron chi connectivity index (χ4n) is 3.94. The zero-order valence-electron chi connectivity index (χ0n) is 13.0. The predicted molar refractivity (Wildman–Crippen MR) is 80.3 cm³/mol. The maximum absolute atomic E-state index is 12.2. The summed E-state index contributed by atoms with van der Waals surface area (Å²) in [6.45, 7) is 6.45. The van der Waals surface area contributed by atoms with Crippen LogP contribution in [0.4, 0.5) is 0 Å². The molecule has 1 aliphatic heterocycles. The molecule has 1 saturated heterocycles. The molecule has 4 heteroatoms. The third-order valence-corrected chi connectivity index (χ3v) is 5.05. The molecule has 1 saturated carbocycles. The van der Waals surface area contributed by atoms with E-state index in [1.807, 2.05) is 6.92 Å². The van der Waals surface area contributed by atoms with E-state index >= 15 is 0 Å². The number of carbonyl (C=O) groups is 1. The lowest BCUT2D eigenvalue weighted by molar-refractivity contribution is -0.153. The minimum absolute atomic E-state index is 0.0267. The Balaban J connectivity index is 2.10. The average molecular weight is 282 g/mol. The molecule has 0 radical (unpaired) electrons. The molecule has 4 nitrogen and oxygen atoms in total. The topological polar surface area (TPSA) is 55.6 Å². The van der Waals surface area contributed by atoms with Gasteiger partial charge in [0.1, 0.15) is 6.04 Å².